The molecule has 2 aromatic rings. The summed E-state index contributed by atoms with van der Waals surface area (Å²) in [5, 5.41) is 17.1. The Kier molecular flexibility index (Phi) is 4.71. The second kappa shape index (κ2) is 6.73. The van der Waals surface area contributed by atoms with Crippen LogP contribution >= 0.6 is 11.8 Å². The van der Waals surface area contributed by atoms with Crippen molar-refractivity contribution in [3.8, 4) is 0 Å². The fourth-order valence-electron chi connectivity index (χ4n) is 2.82. The molecular weight excluding hydrogens is 298 g/mol. The molecule has 0 bridgehead atoms. The van der Waals surface area contributed by atoms with Crippen molar-refractivity contribution >= 4 is 28.6 Å². The Balaban J connectivity index is 1.60. The first kappa shape index (κ1) is 15.4. The number of rotatable bonds is 4. The Morgan fingerprint density at radius 1 is 1.50 bits per heavy atom. The Hall–Kier alpha value is -1.50. The molecule has 118 valence electrons. The molecule has 2 atom stereocenters. The van der Waals surface area contributed by atoms with Gasteiger partial charge in [0.25, 0.3) is 0 Å². The molecule has 0 spiro atoms. The van der Waals surface area contributed by atoms with E-state index in [4.69, 9.17) is 0 Å². The Labute approximate surface area is 134 Å². The molecule has 3 N–H and O–H groups in total. The number of amides is 1. The third-order valence-electron chi connectivity index (χ3n) is 4.02. The topological polar surface area (TPSA) is 66.3 Å². The number of aliphatic hydroxyl groups is 1. The number of aliphatic hydroxyl groups excluding tert-OH is 1. The van der Waals surface area contributed by atoms with E-state index < -0.39 is 6.10 Å². The van der Waals surface area contributed by atoms with Crippen LogP contribution in [-0.2, 0) is 11.8 Å². The maximum Gasteiger partial charge on any atom is 0.230 e. The largest absolute Gasteiger partial charge is 0.390 e. The molecule has 6 heteroatoms. The van der Waals surface area contributed by atoms with Crippen LogP contribution in [0.2, 0.25) is 0 Å². The maximum atomic E-state index is 12.1. The molecule has 22 heavy (non-hydrogen) atoms. The predicted molar refractivity (Wildman–Crippen MR) is 89.1 cm³/mol. The Bertz CT molecular complexity index is 670. The number of hydrogen-bond acceptors (Lipinski definition) is 4. The number of hydrogen-bond donors (Lipinski definition) is 3. The van der Waals surface area contributed by atoms with E-state index in [2.05, 4.69) is 33.5 Å². The van der Waals surface area contributed by atoms with Gasteiger partial charge in [0.05, 0.1) is 17.9 Å². The number of thioether (sulfide) groups is 1. The van der Waals surface area contributed by atoms with Gasteiger partial charge in [0.2, 0.25) is 5.91 Å². The standard InChI is InChI=1S/C16H21N3O2S/c1-19-9-15(11-4-2-3-5-13(11)19)22-10-16(21)18-12-6-7-17-8-14(12)20/h2-5,9,12,14,17,20H,6-8,10H2,1H3,(H,18,21)/t12-,14-/m1/s1. The van der Waals surface area contributed by atoms with Crippen molar-refractivity contribution in [3.05, 3.63) is 30.5 Å². The van der Waals surface area contributed by atoms with Crippen LogP contribution in [0.3, 0.4) is 0 Å². The number of aryl methyl sites for hydroxylation is 1. The predicted octanol–water partition coefficient (Wildman–Crippen LogP) is 1.11. The minimum Gasteiger partial charge on any atom is -0.390 e. The zero-order chi connectivity index (χ0) is 15.5. The summed E-state index contributed by atoms with van der Waals surface area (Å²) in [4.78, 5) is 13.2. The first-order chi connectivity index (χ1) is 10.6. The first-order valence-corrected chi connectivity index (χ1v) is 8.48. The summed E-state index contributed by atoms with van der Waals surface area (Å²) in [5.74, 6) is 0.342. The summed E-state index contributed by atoms with van der Waals surface area (Å²) in [6, 6.07) is 8.04. The van der Waals surface area contributed by atoms with Gasteiger partial charge in [-0.05, 0) is 19.0 Å². The van der Waals surface area contributed by atoms with Crippen LogP contribution in [0.5, 0.6) is 0 Å². The fourth-order valence-corrected chi connectivity index (χ4v) is 3.75. The molecular formula is C16H21N3O2S. The van der Waals surface area contributed by atoms with Crippen LogP contribution in [0.15, 0.2) is 35.4 Å². The van der Waals surface area contributed by atoms with Crippen molar-refractivity contribution in [1.82, 2.24) is 15.2 Å². The molecule has 1 amide bonds. The van der Waals surface area contributed by atoms with Gasteiger partial charge in [0.15, 0.2) is 0 Å². The van der Waals surface area contributed by atoms with Gasteiger partial charge in [-0.1, -0.05) is 18.2 Å². The molecule has 1 fully saturated rings. The highest BCUT2D eigenvalue weighted by Gasteiger charge is 2.24. The van der Waals surface area contributed by atoms with Crippen LogP contribution in [0.25, 0.3) is 10.9 Å². The van der Waals surface area contributed by atoms with Crippen LogP contribution in [-0.4, -0.2) is 46.6 Å². The van der Waals surface area contributed by atoms with Crippen molar-refractivity contribution in [2.45, 2.75) is 23.5 Å². The van der Waals surface area contributed by atoms with Crippen molar-refractivity contribution in [2.75, 3.05) is 18.8 Å². The molecule has 0 saturated carbocycles. The van der Waals surface area contributed by atoms with Gasteiger partial charge >= 0.3 is 0 Å². The maximum absolute atomic E-state index is 12.1. The third-order valence-corrected chi connectivity index (χ3v) is 5.06. The highest BCUT2D eigenvalue weighted by Crippen LogP contribution is 2.29. The van der Waals surface area contributed by atoms with E-state index in [1.54, 1.807) is 0 Å². The summed E-state index contributed by atoms with van der Waals surface area (Å²) >= 11 is 1.54. The number of β-amino-alcohol motifs (C(OH)–C–C–N with tert-alkyl or cyclic N) is 1. The average Bonchev–Trinajstić information content (AvgIpc) is 2.85. The number of carbonyl (C=O) groups excluding carboxylic acids is 1. The molecule has 2 heterocycles. The Morgan fingerprint density at radius 3 is 3.14 bits per heavy atom. The molecule has 0 radical (unpaired) electrons. The molecule has 1 aromatic carbocycles. The number of nitrogens with one attached hydrogen (secondary N) is 2. The van der Waals surface area contributed by atoms with Gasteiger partial charge in [0, 0.05) is 35.6 Å². The van der Waals surface area contributed by atoms with Gasteiger partial charge in [-0.2, -0.15) is 0 Å². The van der Waals surface area contributed by atoms with Crippen molar-refractivity contribution < 1.29 is 9.90 Å². The second-order valence-corrected chi connectivity index (χ2v) is 6.66. The van der Waals surface area contributed by atoms with E-state index in [-0.39, 0.29) is 11.9 Å². The van der Waals surface area contributed by atoms with Crippen molar-refractivity contribution in [2.24, 2.45) is 7.05 Å². The summed E-state index contributed by atoms with van der Waals surface area (Å²) < 4.78 is 2.08. The lowest BCUT2D eigenvalue weighted by Crippen LogP contribution is -2.53. The van der Waals surface area contributed by atoms with E-state index in [1.165, 1.54) is 22.7 Å². The lowest BCUT2D eigenvalue weighted by Gasteiger charge is -2.29. The van der Waals surface area contributed by atoms with Gasteiger partial charge in [-0.15, -0.1) is 11.8 Å². The first-order valence-electron chi connectivity index (χ1n) is 7.50. The number of benzene rings is 1. The number of aromatic nitrogens is 1. The molecule has 1 saturated heterocycles. The van der Waals surface area contributed by atoms with Gasteiger partial charge in [-0.3, -0.25) is 4.79 Å². The minimum absolute atomic E-state index is 0.0242. The lowest BCUT2D eigenvalue weighted by atomic mass is 10.0. The Morgan fingerprint density at radius 2 is 2.32 bits per heavy atom. The lowest BCUT2D eigenvalue weighted by molar-refractivity contribution is -0.120. The minimum atomic E-state index is -0.500. The van der Waals surface area contributed by atoms with E-state index in [1.807, 2.05) is 19.2 Å². The third kappa shape index (κ3) is 3.29. The van der Waals surface area contributed by atoms with Gasteiger partial charge < -0.3 is 20.3 Å². The number of piperidine rings is 1. The second-order valence-electron chi connectivity index (χ2n) is 5.64. The van der Waals surface area contributed by atoms with Crippen LogP contribution in [0.1, 0.15) is 6.42 Å². The normalized spacial score (nSPS) is 21.9. The van der Waals surface area contributed by atoms with Crippen molar-refractivity contribution in [3.63, 3.8) is 0 Å². The van der Waals surface area contributed by atoms with E-state index in [0.29, 0.717) is 12.3 Å². The number of fused-ring (bicyclic) bond motifs is 1. The number of para-hydroxylation sites is 1. The molecule has 1 aliphatic heterocycles. The zero-order valence-corrected chi connectivity index (χ0v) is 13.4. The molecule has 1 aromatic heterocycles. The number of carbonyl (C=O) groups is 1. The molecule has 1 aliphatic rings. The molecule has 0 aliphatic carbocycles. The van der Waals surface area contributed by atoms with Crippen LogP contribution in [0.4, 0.5) is 0 Å². The number of nitrogens with zero attached hydrogens (tertiary/aromatic N) is 1. The highest BCUT2D eigenvalue weighted by atomic mass is 32.2. The summed E-state index contributed by atoms with van der Waals surface area (Å²) in [7, 11) is 2.01. The van der Waals surface area contributed by atoms with E-state index in [0.717, 1.165) is 17.9 Å². The van der Waals surface area contributed by atoms with Gasteiger partial charge in [-0.25, -0.2) is 0 Å². The zero-order valence-electron chi connectivity index (χ0n) is 12.6. The average molecular weight is 319 g/mol. The smallest absolute Gasteiger partial charge is 0.230 e. The fraction of sp³-hybridized carbons (Fsp3) is 0.438. The summed E-state index contributed by atoms with van der Waals surface area (Å²) in [6.45, 7) is 1.37. The summed E-state index contributed by atoms with van der Waals surface area (Å²) in [5.41, 5.74) is 1.17. The molecule has 0 unspecified atom stereocenters. The molecule has 3 rings (SSSR count). The van der Waals surface area contributed by atoms with E-state index >= 15 is 0 Å². The van der Waals surface area contributed by atoms with Crippen molar-refractivity contribution in [1.29, 1.82) is 0 Å². The highest BCUT2D eigenvalue weighted by molar-refractivity contribution is 8.00. The quantitative estimate of drug-likeness (QED) is 0.739. The molecule has 5 nitrogen and oxygen atoms in total. The monoisotopic (exact) mass is 319 g/mol. The van der Waals surface area contributed by atoms with E-state index in [9.17, 15) is 9.90 Å². The SMILES string of the molecule is Cn1cc(SCC(=O)N[C@@H]2CCNC[C@H]2O)c2ccccc21. The summed E-state index contributed by atoms with van der Waals surface area (Å²) in [6.07, 6.45) is 2.33. The van der Waals surface area contributed by atoms with Gasteiger partial charge in [0.1, 0.15) is 0 Å². The van der Waals surface area contributed by atoms with Crippen LogP contribution < -0.4 is 10.6 Å². The van der Waals surface area contributed by atoms with Crippen LogP contribution in [0, 0.1) is 0 Å².